The third-order valence-electron chi connectivity index (χ3n) is 8.98. The second-order valence-corrected chi connectivity index (χ2v) is 11.0. The van der Waals surface area contributed by atoms with Crippen LogP contribution < -0.4 is 4.74 Å². The zero-order valence-electron chi connectivity index (χ0n) is 20.2. The van der Waals surface area contributed by atoms with E-state index in [4.69, 9.17) is 10.00 Å². The number of hydrogen-bond donors (Lipinski definition) is 0. The molecule has 1 aromatic carbocycles. The fraction of sp³-hybridized carbons (Fsp3) is 0.724. The first kappa shape index (κ1) is 24.2. The van der Waals surface area contributed by atoms with Crippen LogP contribution in [0.2, 0.25) is 0 Å². The number of hydrogen-bond acceptors (Lipinski definition) is 3. The number of halogens is 1. The number of rotatable bonds is 8. The zero-order valence-corrected chi connectivity index (χ0v) is 20.2. The average Bonchev–Trinajstić information content (AvgIpc) is 2.83. The summed E-state index contributed by atoms with van der Waals surface area (Å²) in [5, 5.41) is 8.87. The van der Waals surface area contributed by atoms with Gasteiger partial charge in [0.2, 0.25) is 0 Å². The molecule has 3 fully saturated rings. The molecule has 0 bridgehead atoms. The Balaban J connectivity index is 1.25. The van der Waals surface area contributed by atoms with Gasteiger partial charge in [-0.3, -0.25) is 4.79 Å². The van der Waals surface area contributed by atoms with Gasteiger partial charge in [0.05, 0.1) is 11.5 Å². The molecule has 3 aliphatic rings. The second kappa shape index (κ2) is 11.5. The molecular weight excluding hydrogens is 413 g/mol. The van der Waals surface area contributed by atoms with Gasteiger partial charge in [-0.05, 0) is 86.7 Å². The molecule has 0 heterocycles. The van der Waals surface area contributed by atoms with E-state index in [1.807, 2.05) is 0 Å². The fourth-order valence-corrected chi connectivity index (χ4v) is 7.25. The molecular formula is C29H40FNO2. The predicted octanol–water partition coefficient (Wildman–Crippen LogP) is 7.82. The normalized spacial score (nSPS) is 31.2. The molecule has 4 rings (SSSR count). The van der Waals surface area contributed by atoms with Crippen molar-refractivity contribution in [2.75, 3.05) is 0 Å². The highest BCUT2D eigenvalue weighted by atomic mass is 19.1. The summed E-state index contributed by atoms with van der Waals surface area (Å²) in [6.45, 7) is 2.28. The van der Waals surface area contributed by atoms with Crippen molar-refractivity contribution in [1.29, 1.82) is 5.26 Å². The summed E-state index contributed by atoms with van der Waals surface area (Å²) >= 11 is 0. The maximum atomic E-state index is 13.9. The lowest BCUT2D eigenvalue weighted by molar-refractivity contribution is -0.142. The van der Waals surface area contributed by atoms with E-state index in [9.17, 15) is 9.18 Å². The maximum absolute atomic E-state index is 13.9. The van der Waals surface area contributed by atoms with Gasteiger partial charge in [-0.2, -0.15) is 5.26 Å². The Bertz CT molecular complexity index is 847. The van der Waals surface area contributed by atoms with Crippen LogP contribution in [0, 0.1) is 52.7 Å². The van der Waals surface area contributed by atoms with E-state index in [1.165, 1.54) is 82.8 Å². The van der Waals surface area contributed by atoms with Crippen LogP contribution >= 0.6 is 0 Å². The van der Waals surface area contributed by atoms with Crippen LogP contribution in [0.1, 0.15) is 102 Å². The Morgan fingerprint density at radius 3 is 2.45 bits per heavy atom. The smallest absolute Gasteiger partial charge is 0.314 e. The number of ether oxygens (including phenoxy) is 1. The van der Waals surface area contributed by atoms with Crippen molar-refractivity contribution < 1.29 is 13.9 Å². The number of benzene rings is 1. The predicted molar refractivity (Wildman–Crippen MR) is 128 cm³/mol. The van der Waals surface area contributed by atoms with Crippen LogP contribution in [0.25, 0.3) is 0 Å². The lowest BCUT2D eigenvalue weighted by Gasteiger charge is -2.50. The minimum absolute atomic E-state index is 0.0294. The van der Waals surface area contributed by atoms with Crippen LogP contribution in [0.3, 0.4) is 0 Å². The SMILES string of the molecule is CCCCCCCC1CCC2C(CCC3CC(C(=O)Oc4ccc(C#N)c(F)c4)CCC32)C1. The lowest BCUT2D eigenvalue weighted by atomic mass is 9.55. The first-order valence-corrected chi connectivity index (χ1v) is 13.5. The van der Waals surface area contributed by atoms with Gasteiger partial charge in [-0.1, -0.05) is 51.9 Å². The molecule has 0 radical (unpaired) electrons. The van der Waals surface area contributed by atoms with Gasteiger partial charge < -0.3 is 4.74 Å². The van der Waals surface area contributed by atoms with Crippen molar-refractivity contribution >= 4 is 5.97 Å². The highest BCUT2D eigenvalue weighted by Gasteiger charge is 2.45. The van der Waals surface area contributed by atoms with Gasteiger partial charge in [-0.15, -0.1) is 0 Å². The fourth-order valence-electron chi connectivity index (χ4n) is 7.25. The molecule has 0 spiro atoms. The molecule has 0 aliphatic heterocycles. The molecule has 4 heteroatoms. The molecule has 6 unspecified atom stereocenters. The maximum Gasteiger partial charge on any atom is 0.314 e. The highest BCUT2D eigenvalue weighted by molar-refractivity contribution is 5.75. The number of nitrogens with zero attached hydrogens (tertiary/aromatic N) is 1. The standard InChI is InChI=1S/C29H40FNO2/c1-2-3-4-5-6-7-20-8-14-26-21(16-20)9-10-22-17-23(12-15-27(22)26)29(32)33-25-13-11-24(19-31)28(30)18-25/h11,13,18,20-23,26-27H,2-10,12,14-17H2,1H3. The number of unbranched alkanes of at least 4 members (excludes halogenated alkanes) is 4. The Morgan fingerprint density at radius 1 is 1.00 bits per heavy atom. The molecule has 33 heavy (non-hydrogen) atoms. The molecule has 0 N–H and O–H groups in total. The van der Waals surface area contributed by atoms with Crippen LogP contribution in [0.15, 0.2) is 18.2 Å². The lowest BCUT2D eigenvalue weighted by Crippen LogP contribution is -2.42. The zero-order chi connectivity index (χ0) is 23.2. The van der Waals surface area contributed by atoms with E-state index in [-0.39, 0.29) is 23.2 Å². The van der Waals surface area contributed by atoms with E-state index >= 15 is 0 Å². The summed E-state index contributed by atoms with van der Waals surface area (Å²) in [7, 11) is 0. The van der Waals surface area contributed by atoms with Gasteiger partial charge in [0.1, 0.15) is 17.6 Å². The molecule has 0 amide bonds. The van der Waals surface area contributed by atoms with Crippen LogP contribution in [-0.2, 0) is 4.79 Å². The second-order valence-electron chi connectivity index (χ2n) is 11.0. The number of carbonyl (C=O) groups is 1. The van der Waals surface area contributed by atoms with Gasteiger partial charge >= 0.3 is 5.97 Å². The molecule has 6 atom stereocenters. The van der Waals surface area contributed by atoms with Crippen molar-refractivity contribution in [3.63, 3.8) is 0 Å². The van der Waals surface area contributed by atoms with E-state index in [2.05, 4.69) is 6.92 Å². The molecule has 0 saturated heterocycles. The number of nitriles is 1. The van der Waals surface area contributed by atoms with Gasteiger partial charge in [0.15, 0.2) is 0 Å². The van der Waals surface area contributed by atoms with E-state index < -0.39 is 5.82 Å². The Hall–Kier alpha value is -1.89. The van der Waals surface area contributed by atoms with Crippen molar-refractivity contribution in [1.82, 2.24) is 0 Å². The third kappa shape index (κ3) is 5.97. The van der Waals surface area contributed by atoms with Gasteiger partial charge in [-0.25, -0.2) is 4.39 Å². The van der Waals surface area contributed by atoms with Crippen LogP contribution in [-0.4, -0.2) is 5.97 Å². The first-order valence-electron chi connectivity index (χ1n) is 13.5. The van der Waals surface area contributed by atoms with Crippen LogP contribution in [0.4, 0.5) is 4.39 Å². The monoisotopic (exact) mass is 453 g/mol. The van der Waals surface area contributed by atoms with E-state index in [1.54, 1.807) is 6.07 Å². The highest BCUT2D eigenvalue weighted by Crippen LogP contribution is 2.54. The summed E-state index contributed by atoms with van der Waals surface area (Å²) in [4.78, 5) is 12.8. The topological polar surface area (TPSA) is 50.1 Å². The van der Waals surface area contributed by atoms with Crippen molar-refractivity contribution in [3.05, 3.63) is 29.6 Å². The molecule has 0 aromatic heterocycles. The molecule has 180 valence electrons. The summed E-state index contributed by atoms with van der Waals surface area (Å²) < 4.78 is 19.4. The largest absolute Gasteiger partial charge is 0.426 e. The number of esters is 1. The Kier molecular flexibility index (Phi) is 8.45. The number of carbonyl (C=O) groups excluding carboxylic acids is 1. The Labute approximate surface area is 199 Å². The van der Waals surface area contributed by atoms with Crippen LogP contribution in [0.5, 0.6) is 5.75 Å². The van der Waals surface area contributed by atoms with Gasteiger partial charge in [0.25, 0.3) is 0 Å². The average molecular weight is 454 g/mol. The molecule has 3 saturated carbocycles. The summed E-state index contributed by atoms with van der Waals surface area (Å²) in [5.74, 6) is 3.40. The van der Waals surface area contributed by atoms with Crippen molar-refractivity contribution in [2.45, 2.75) is 96.8 Å². The Morgan fingerprint density at radius 2 is 1.73 bits per heavy atom. The summed E-state index contributed by atoms with van der Waals surface area (Å²) in [6.07, 6.45) is 18.2. The molecule has 3 nitrogen and oxygen atoms in total. The summed E-state index contributed by atoms with van der Waals surface area (Å²) in [6, 6.07) is 5.83. The minimum atomic E-state index is -0.638. The molecule has 3 aliphatic carbocycles. The van der Waals surface area contributed by atoms with Gasteiger partial charge in [0, 0.05) is 6.07 Å². The number of fused-ring (bicyclic) bond motifs is 3. The van der Waals surface area contributed by atoms with E-state index in [0.29, 0.717) is 5.92 Å². The summed E-state index contributed by atoms with van der Waals surface area (Å²) in [5.41, 5.74) is -0.0294. The minimum Gasteiger partial charge on any atom is -0.426 e. The quantitative estimate of drug-likeness (QED) is 0.229. The first-order chi connectivity index (χ1) is 16.1. The molecule has 1 aromatic rings. The van der Waals surface area contributed by atoms with Crippen molar-refractivity contribution in [3.8, 4) is 11.8 Å². The van der Waals surface area contributed by atoms with Crippen molar-refractivity contribution in [2.24, 2.45) is 35.5 Å². The van der Waals surface area contributed by atoms with E-state index in [0.717, 1.165) is 49.0 Å². The third-order valence-corrected chi connectivity index (χ3v) is 8.98.